The van der Waals surface area contributed by atoms with Crippen molar-refractivity contribution in [2.75, 3.05) is 34.3 Å². The summed E-state index contributed by atoms with van der Waals surface area (Å²) in [5.41, 5.74) is 0.430. The van der Waals surface area contributed by atoms with Gasteiger partial charge in [-0.3, -0.25) is 9.59 Å². The quantitative estimate of drug-likeness (QED) is 0.351. The Kier molecular flexibility index (Phi) is 6.16. The van der Waals surface area contributed by atoms with Crippen LogP contribution in [0.4, 0.5) is 4.39 Å². The fourth-order valence-corrected chi connectivity index (χ4v) is 4.09. The van der Waals surface area contributed by atoms with Gasteiger partial charge in [-0.05, 0) is 49.1 Å². The number of amides is 1. The molecule has 0 aromatic heterocycles. The number of aliphatic hydroxyl groups is 1. The molecule has 0 spiro atoms. The molecule has 3 aromatic rings. The number of rotatable bonds is 6. The first kappa shape index (κ1) is 22.5. The topological polar surface area (TPSA) is 70.1 Å². The van der Waals surface area contributed by atoms with Gasteiger partial charge in [-0.25, -0.2) is 4.39 Å². The third kappa shape index (κ3) is 4.19. The second-order valence-electron chi connectivity index (χ2n) is 8.25. The zero-order valence-electron chi connectivity index (χ0n) is 18.7. The predicted molar refractivity (Wildman–Crippen MR) is 124 cm³/mol. The Labute approximate surface area is 191 Å². The van der Waals surface area contributed by atoms with Crippen LogP contribution in [0.1, 0.15) is 17.2 Å². The predicted octanol–water partition coefficient (Wildman–Crippen LogP) is 3.97. The number of fused-ring (bicyclic) bond motifs is 1. The Morgan fingerprint density at radius 1 is 1.06 bits per heavy atom. The maximum absolute atomic E-state index is 14.8. The van der Waals surface area contributed by atoms with E-state index in [0.717, 1.165) is 10.8 Å². The third-order valence-corrected chi connectivity index (χ3v) is 5.85. The van der Waals surface area contributed by atoms with Crippen LogP contribution in [0.25, 0.3) is 16.5 Å². The van der Waals surface area contributed by atoms with E-state index in [9.17, 15) is 19.1 Å². The number of ether oxygens (including phenoxy) is 1. The molecule has 1 saturated heterocycles. The SMILES string of the molecule is COc1ccc2cc(/C(O)=C3\C(=O)C(=O)N(CCN(C)C)C3c3ccccc3F)ccc2c1. The lowest BCUT2D eigenvalue weighted by molar-refractivity contribution is -0.140. The number of carbonyl (C=O) groups excluding carboxylic acids is 2. The van der Waals surface area contributed by atoms with Crippen LogP contribution in [0.2, 0.25) is 0 Å². The van der Waals surface area contributed by atoms with Crippen molar-refractivity contribution in [3.05, 3.63) is 83.2 Å². The number of carbonyl (C=O) groups is 2. The van der Waals surface area contributed by atoms with Crippen LogP contribution in [-0.2, 0) is 9.59 Å². The summed E-state index contributed by atoms with van der Waals surface area (Å²) in [6, 6.07) is 15.7. The Hall–Kier alpha value is -3.71. The van der Waals surface area contributed by atoms with E-state index in [2.05, 4.69) is 0 Å². The van der Waals surface area contributed by atoms with Gasteiger partial charge in [0.15, 0.2) is 0 Å². The molecule has 0 radical (unpaired) electrons. The molecule has 1 unspecified atom stereocenters. The molecule has 0 aliphatic carbocycles. The standard InChI is InChI=1S/C26H25FN2O4/c1-28(2)12-13-29-23(20-6-4-5-7-21(20)27)22(25(31)26(29)32)24(30)18-9-8-17-15-19(33-3)11-10-16(17)14-18/h4-11,14-15,23,30H,12-13H2,1-3H3/b24-22+. The van der Waals surface area contributed by atoms with Gasteiger partial charge in [-0.2, -0.15) is 0 Å². The van der Waals surface area contributed by atoms with Gasteiger partial charge in [-0.15, -0.1) is 0 Å². The highest BCUT2D eigenvalue weighted by Crippen LogP contribution is 2.40. The molecule has 33 heavy (non-hydrogen) atoms. The van der Waals surface area contributed by atoms with Crippen molar-refractivity contribution >= 4 is 28.2 Å². The second-order valence-corrected chi connectivity index (χ2v) is 8.25. The van der Waals surface area contributed by atoms with E-state index in [1.807, 2.05) is 31.1 Å². The van der Waals surface area contributed by atoms with Crippen molar-refractivity contribution in [2.45, 2.75) is 6.04 Å². The number of ketones is 1. The van der Waals surface area contributed by atoms with Crippen LogP contribution >= 0.6 is 0 Å². The van der Waals surface area contributed by atoms with Crippen molar-refractivity contribution < 1.29 is 23.8 Å². The van der Waals surface area contributed by atoms with E-state index in [1.165, 1.54) is 17.0 Å². The van der Waals surface area contributed by atoms with Gasteiger partial charge in [0.25, 0.3) is 11.7 Å². The van der Waals surface area contributed by atoms with Crippen LogP contribution in [0.15, 0.2) is 66.2 Å². The zero-order valence-corrected chi connectivity index (χ0v) is 18.7. The summed E-state index contributed by atoms with van der Waals surface area (Å²) in [6.45, 7) is 0.695. The largest absolute Gasteiger partial charge is 0.507 e. The molecule has 3 aromatic carbocycles. The monoisotopic (exact) mass is 448 g/mol. The Balaban J connectivity index is 1.86. The number of Topliss-reactive ketones (excluding diaryl/α,β-unsaturated/α-hetero) is 1. The number of benzene rings is 3. The highest BCUT2D eigenvalue weighted by Gasteiger charge is 2.46. The van der Waals surface area contributed by atoms with Crippen molar-refractivity contribution in [1.29, 1.82) is 0 Å². The molecule has 6 nitrogen and oxygen atoms in total. The minimum atomic E-state index is -1.02. The smallest absolute Gasteiger partial charge is 0.295 e. The first-order valence-corrected chi connectivity index (χ1v) is 10.6. The average molecular weight is 448 g/mol. The van der Waals surface area contributed by atoms with Gasteiger partial charge >= 0.3 is 0 Å². The number of hydrogen-bond donors (Lipinski definition) is 1. The molecule has 1 aliphatic rings. The number of methoxy groups -OCH3 is 1. The van der Waals surface area contributed by atoms with Gasteiger partial charge in [0.1, 0.15) is 17.3 Å². The molecule has 0 bridgehead atoms. The Morgan fingerprint density at radius 2 is 1.76 bits per heavy atom. The molecule has 0 saturated carbocycles. The van der Waals surface area contributed by atoms with E-state index in [0.29, 0.717) is 17.9 Å². The maximum atomic E-state index is 14.8. The first-order valence-electron chi connectivity index (χ1n) is 10.6. The molecule has 1 fully saturated rings. The van der Waals surface area contributed by atoms with Crippen LogP contribution < -0.4 is 4.74 Å². The van der Waals surface area contributed by atoms with Crippen LogP contribution in [0, 0.1) is 5.82 Å². The van der Waals surface area contributed by atoms with Gasteiger partial charge in [0.05, 0.1) is 18.7 Å². The molecule has 1 amide bonds. The molecule has 7 heteroatoms. The zero-order chi connectivity index (χ0) is 23.7. The fourth-order valence-electron chi connectivity index (χ4n) is 4.09. The van der Waals surface area contributed by atoms with E-state index in [4.69, 9.17) is 4.74 Å². The van der Waals surface area contributed by atoms with Crippen molar-refractivity contribution in [1.82, 2.24) is 9.80 Å². The molecule has 1 aliphatic heterocycles. The van der Waals surface area contributed by atoms with Crippen molar-refractivity contribution in [3.63, 3.8) is 0 Å². The molecule has 170 valence electrons. The average Bonchev–Trinajstić information content (AvgIpc) is 3.06. The number of likely N-dealkylation sites (tertiary alicyclic amines) is 1. The minimum absolute atomic E-state index is 0.114. The Morgan fingerprint density at radius 3 is 2.45 bits per heavy atom. The highest BCUT2D eigenvalue weighted by atomic mass is 19.1. The summed E-state index contributed by atoms with van der Waals surface area (Å²) in [4.78, 5) is 29.2. The van der Waals surface area contributed by atoms with E-state index in [-0.39, 0.29) is 23.4 Å². The molecule has 1 heterocycles. The number of hydrogen-bond acceptors (Lipinski definition) is 5. The van der Waals surface area contributed by atoms with Gasteiger partial charge in [-0.1, -0.05) is 36.4 Å². The molecule has 1 N–H and O–H groups in total. The lowest BCUT2D eigenvalue weighted by atomic mass is 9.94. The van der Waals surface area contributed by atoms with Crippen LogP contribution in [0.5, 0.6) is 5.75 Å². The number of aliphatic hydroxyl groups excluding tert-OH is 1. The van der Waals surface area contributed by atoms with E-state index >= 15 is 0 Å². The molecule has 1 atom stereocenters. The van der Waals surface area contributed by atoms with Crippen molar-refractivity contribution in [2.24, 2.45) is 0 Å². The number of halogens is 1. The first-order chi connectivity index (χ1) is 15.8. The molecular formula is C26H25FN2O4. The maximum Gasteiger partial charge on any atom is 0.295 e. The Bertz CT molecular complexity index is 1270. The summed E-state index contributed by atoms with van der Waals surface area (Å²) >= 11 is 0. The minimum Gasteiger partial charge on any atom is -0.507 e. The van der Waals surface area contributed by atoms with Crippen LogP contribution in [-0.4, -0.2) is 60.9 Å². The lowest BCUT2D eigenvalue weighted by Gasteiger charge is -2.26. The van der Waals surface area contributed by atoms with Crippen LogP contribution in [0.3, 0.4) is 0 Å². The van der Waals surface area contributed by atoms with Gasteiger partial charge in [0, 0.05) is 24.2 Å². The van der Waals surface area contributed by atoms with Gasteiger partial charge in [0.2, 0.25) is 0 Å². The third-order valence-electron chi connectivity index (χ3n) is 5.85. The molecular weight excluding hydrogens is 423 g/mol. The second kappa shape index (κ2) is 9.03. The summed E-state index contributed by atoms with van der Waals surface area (Å²) < 4.78 is 20.1. The normalized spacial score (nSPS) is 17.8. The summed E-state index contributed by atoms with van der Waals surface area (Å²) in [6.07, 6.45) is 0. The summed E-state index contributed by atoms with van der Waals surface area (Å²) in [5, 5.41) is 12.9. The summed E-state index contributed by atoms with van der Waals surface area (Å²) in [7, 11) is 5.27. The highest BCUT2D eigenvalue weighted by molar-refractivity contribution is 6.46. The lowest BCUT2D eigenvalue weighted by Crippen LogP contribution is -2.35. The molecule has 4 rings (SSSR count). The number of likely N-dealkylation sites (N-methyl/N-ethyl adjacent to an activating group) is 1. The fraction of sp³-hybridized carbons (Fsp3) is 0.231. The van der Waals surface area contributed by atoms with E-state index in [1.54, 1.807) is 43.5 Å². The van der Waals surface area contributed by atoms with E-state index < -0.39 is 23.5 Å². The number of nitrogens with zero attached hydrogens (tertiary/aromatic N) is 2. The summed E-state index contributed by atoms with van der Waals surface area (Å²) in [5.74, 6) is -1.75. The van der Waals surface area contributed by atoms with Gasteiger partial charge < -0.3 is 19.6 Å². The van der Waals surface area contributed by atoms with Crippen molar-refractivity contribution in [3.8, 4) is 5.75 Å².